The van der Waals surface area contributed by atoms with Gasteiger partial charge in [-0.2, -0.15) is 28.1 Å². The third kappa shape index (κ3) is 4.43. The van der Waals surface area contributed by atoms with Gasteiger partial charge in [-0.3, -0.25) is 0 Å². The van der Waals surface area contributed by atoms with E-state index >= 15 is 0 Å². The van der Waals surface area contributed by atoms with Gasteiger partial charge in [0.05, 0.1) is 16.1 Å². The summed E-state index contributed by atoms with van der Waals surface area (Å²) in [6.07, 6.45) is -2.26. The predicted octanol–water partition coefficient (Wildman–Crippen LogP) is 5.77. The van der Waals surface area contributed by atoms with E-state index in [1.165, 1.54) is 12.1 Å². The first-order valence-electron chi connectivity index (χ1n) is 10.2. The molecular weight excluding hydrogens is 455 g/mol. The number of H-pyrrole nitrogens is 1. The maximum atomic E-state index is 12.8. The molecule has 2 heterocycles. The Morgan fingerprint density at radius 3 is 2.39 bits per heavy atom. The van der Waals surface area contributed by atoms with E-state index in [4.69, 9.17) is 11.6 Å². The summed E-state index contributed by atoms with van der Waals surface area (Å²) in [5, 5.41) is 3.57. The van der Waals surface area contributed by atoms with E-state index in [0.29, 0.717) is 50.9 Å². The van der Waals surface area contributed by atoms with Gasteiger partial charge in [-0.15, -0.1) is 0 Å². The normalized spacial score (nSPS) is 14.0. The smallest absolute Gasteiger partial charge is 0.347 e. The molecule has 0 aliphatic heterocycles. The van der Waals surface area contributed by atoms with Crippen LogP contribution in [0.3, 0.4) is 0 Å². The highest BCUT2D eigenvalue weighted by molar-refractivity contribution is 6.35. The fraction of sp³-hybridized carbons (Fsp3) is 0.273. The highest BCUT2D eigenvalue weighted by atomic mass is 35.5. The standard InChI is InChI=1S/C22H19ClF3N7/c1-33(2)21-31-19(11-3-4-11)30-20(32-21)27-14-9-15(23)17-16(10-14)28-18(29-17)12-5-7-13(8-6-12)22(24,25)26/h5-11H,3-4H2,1-2H3,(H,28,29)(H,27,30,31,32). The number of benzene rings is 2. The molecule has 2 aromatic carbocycles. The molecule has 1 aliphatic rings. The number of anilines is 3. The van der Waals surface area contributed by atoms with Gasteiger partial charge < -0.3 is 15.2 Å². The van der Waals surface area contributed by atoms with E-state index in [2.05, 4.69) is 30.2 Å². The lowest BCUT2D eigenvalue weighted by Crippen LogP contribution is -2.15. The van der Waals surface area contributed by atoms with Crippen molar-refractivity contribution in [3.63, 3.8) is 0 Å². The predicted molar refractivity (Wildman–Crippen MR) is 121 cm³/mol. The molecule has 0 unspecified atom stereocenters. The molecule has 7 nitrogen and oxygen atoms in total. The molecule has 0 spiro atoms. The molecule has 0 amide bonds. The SMILES string of the molecule is CN(C)c1nc(Nc2cc(Cl)c3nc(-c4ccc(C(F)(F)F)cc4)[nH]c3c2)nc(C2CC2)n1. The summed E-state index contributed by atoms with van der Waals surface area (Å²) in [5.74, 6) is 2.51. The van der Waals surface area contributed by atoms with Crippen molar-refractivity contribution < 1.29 is 13.2 Å². The molecule has 1 fully saturated rings. The molecule has 170 valence electrons. The van der Waals surface area contributed by atoms with Gasteiger partial charge in [0.2, 0.25) is 11.9 Å². The van der Waals surface area contributed by atoms with Crippen molar-refractivity contribution in [1.29, 1.82) is 0 Å². The number of halogens is 4. The summed E-state index contributed by atoms with van der Waals surface area (Å²) in [6.45, 7) is 0. The number of alkyl halides is 3. The van der Waals surface area contributed by atoms with Crippen molar-refractivity contribution in [2.75, 3.05) is 24.3 Å². The van der Waals surface area contributed by atoms with Crippen molar-refractivity contribution in [1.82, 2.24) is 24.9 Å². The van der Waals surface area contributed by atoms with Crippen LogP contribution in [-0.4, -0.2) is 39.0 Å². The fourth-order valence-electron chi connectivity index (χ4n) is 3.39. The van der Waals surface area contributed by atoms with Crippen molar-refractivity contribution in [3.8, 4) is 11.4 Å². The molecular formula is C22H19ClF3N7. The fourth-order valence-corrected chi connectivity index (χ4v) is 3.65. The largest absolute Gasteiger partial charge is 0.416 e. The van der Waals surface area contributed by atoms with Gasteiger partial charge in [0.1, 0.15) is 17.2 Å². The summed E-state index contributed by atoms with van der Waals surface area (Å²) < 4.78 is 38.5. The average molecular weight is 474 g/mol. The first-order chi connectivity index (χ1) is 15.7. The van der Waals surface area contributed by atoms with Gasteiger partial charge in [0.15, 0.2) is 0 Å². The second-order valence-corrected chi connectivity index (χ2v) is 8.53. The van der Waals surface area contributed by atoms with Crippen molar-refractivity contribution in [3.05, 3.63) is 52.8 Å². The van der Waals surface area contributed by atoms with E-state index in [1.807, 2.05) is 19.0 Å². The first-order valence-corrected chi connectivity index (χ1v) is 10.6. The summed E-state index contributed by atoms with van der Waals surface area (Å²) in [5.41, 5.74) is 1.59. The van der Waals surface area contributed by atoms with E-state index < -0.39 is 11.7 Å². The van der Waals surface area contributed by atoms with E-state index in [1.54, 1.807) is 12.1 Å². The molecule has 0 saturated heterocycles. The average Bonchev–Trinajstić information content (AvgIpc) is 3.52. The number of hydrogen-bond acceptors (Lipinski definition) is 6. The van der Waals surface area contributed by atoms with Crippen molar-refractivity contribution in [2.24, 2.45) is 0 Å². The molecule has 1 saturated carbocycles. The van der Waals surface area contributed by atoms with Gasteiger partial charge in [0, 0.05) is 31.3 Å². The number of nitrogens with one attached hydrogen (secondary N) is 2. The van der Waals surface area contributed by atoms with Crippen LogP contribution in [-0.2, 0) is 6.18 Å². The number of imidazole rings is 1. The Kier molecular flexibility index (Phi) is 5.12. The summed E-state index contributed by atoms with van der Waals surface area (Å²) in [6, 6.07) is 8.31. The number of fused-ring (bicyclic) bond motifs is 1. The van der Waals surface area contributed by atoms with E-state index in [-0.39, 0.29) is 0 Å². The molecule has 0 bridgehead atoms. The topological polar surface area (TPSA) is 82.6 Å². The molecule has 0 radical (unpaired) electrons. The molecule has 2 N–H and O–H groups in total. The first kappa shape index (κ1) is 21.4. The van der Waals surface area contributed by atoms with Crippen LogP contribution >= 0.6 is 11.6 Å². The zero-order valence-electron chi connectivity index (χ0n) is 17.7. The number of nitrogens with zero attached hydrogens (tertiary/aromatic N) is 5. The Morgan fingerprint density at radius 1 is 1.03 bits per heavy atom. The molecule has 5 rings (SSSR count). The van der Waals surface area contributed by atoms with Gasteiger partial charge >= 0.3 is 6.18 Å². The van der Waals surface area contributed by atoms with Gasteiger partial charge in [0.25, 0.3) is 0 Å². The minimum Gasteiger partial charge on any atom is -0.347 e. The van der Waals surface area contributed by atoms with Crippen LogP contribution in [0, 0.1) is 0 Å². The Balaban J connectivity index is 1.46. The number of hydrogen-bond donors (Lipinski definition) is 2. The third-order valence-electron chi connectivity index (χ3n) is 5.27. The summed E-state index contributed by atoms with van der Waals surface area (Å²) in [7, 11) is 3.73. The molecule has 1 aliphatic carbocycles. The van der Waals surface area contributed by atoms with Crippen LogP contribution in [0.15, 0.2) is 36.4 Å². The Morgan fingerprint density at radius 2 is 1.76 bits per heavy atom. The zero-order chi connectivity index (χ0) is 23.3. The van der Waals surface area contributed by atoms with Crippen LogP contribution in [0.25, 0.3) is 22.4 Å². The highest BCUT2D eigenvalue weighted by Gasteiger charge is 2.30. The van der Waals surface area contributed by atoms with Crippen LogP contribution in [0.1, 0.15) is 30.1 Å². The molecule has 0 atom stereocenters. The maximum absolute atomic E-state index is 12.8. The van der Waals surface area contributed by atoms with Crippen LogP contribution < -0.4 is 10.2 Å². The van der Waals surface area contributed by atoms with Gasteiger partial charge in [-0.1, -0.05) is 23.7 Å². The molecule has 2 aromatic heterocycles. The number of aromatic nitrogens is 5. The summed E-state index contributed by atoms with van der Waals surface area (Å²) in [4.78, 5) is 22.9. The maximum Gasteiger partial charge on any atom is 0.416 e. The van der Waals surface area contributed by atoms with Crippen LogP contribution in [0.4, 0.5) is 30.8 Å². The minimum atomic E-state index is -4.39. The molecule has 11 heteroatoms. The second-order valence-electron chi connectivity index (χ2n) is 8.13. The third-order valence-corrected chi connectivity index (χ3v) is 5.55. The Hall–Kier alpha value is -3.40. The van der Waals surface area contributed by atoms with Crippen LogP contribution in [0.5, 0.6) is 0 Å². The van der Waals surface area contributed by atoms with Crippen molar-refractivity contribution >= 4 is 40.2 Å². The molecule has 4 aromatic rings. The number of aromatic amines is 1. The minimum absolute atomic E-state index is 0.359. The lowest BCUT2D eigenvalue weighted by molar-refractivity contribution is -0.137. The van der Waals surface area contributed by atoms with E-state index in [9.17, 15) is 13.2 Å². The number of rotatable bonds is 5. The highest BCUT2D eigenvalue weighted by Crippen LogP contribution is 2.39. The van der Waals surface area contributed by atoms with Crippen LogP contribution in [0.2, 0.25) is 5.02 Å². The lowest BCUT2D eigenvalue weighted by Gasteiger charge is -2.13. The van der Waals surface area contributed by atoms with Gasteiger partial charge in [-0.05, 0) is 37.1 Å². The monoisotopic (exact) mass is 473 g/mol. The van der Waals surface area contributed by atoms with E-state index in [0.717, 1.165) is 30.8 Å². The zero-order valence-corrected chi connectivity index (χ0v) is 18.5. The quantitative estimate of drug-likeness (QED) is 0.382. The lowest BCUT2D eigenvalue weighted by atomic mass is 10.1. The Labute approximate surface area is 192 Å². The molecule has 33 heavy (non-hydrogen) atoms. The van der Waals surface area contributed by atoms with Gasteiger partial charge in [-0.25, -0.2) is 4.98 Å². The Bertz CT molecular complexity index is 1310. The summed E-state index contributed by atoms with van der Waals surface area (Å²) >= 11 is 6.46. The second kappa shape index (κ2) is 7.87. The van der Waals surface area contributed by atoms with Crippen molar-refractivity contribution in [2.45, 2.75) is 24.9 Å².